The average Bonchev–Trinajstić information content (AvgIpc) is 2.50. The zero-order chi connectivity index (χ0) is 21.8. The number of hydrogen-bond acceptors (Lipinski definition) is 4. The minimum atomic E-state index is -2.23. The van der Waals surface area contributed by atoms with Crippen LogP contribution in [-0.2, 0) is 20.4 Å². The van der Waals surface area contributed by atoms with E-state index in [0.29, 0.717) is 0 Å². The van der Waals surface area contributed by atoms with Crippen molar-refractivity contribution in [2.24, 2.45) is 0 Å². The quantitative estimate of drug-likeness (QED) is 0.643. The molecule has 0 aromatic heterocycles. The number of aliphatic carboxylic acids is 1. The molecule has 0 spiro atoms. The maximum Gasteiger partial charge on any atom is 0.408 e. The molecule has 1 unspecified atom stereocenters. The maximum absolute atomic E-state index is 12.4. The SMILES string of the molecule is CC(C)(C)OC(=O)NC(CO[Si](C)(C)C(C)(C)C)(Cc1ccccc1)C(=O)O. The van der Waals surface area contributed by atoms with Gasteiger partial charge in [-0.05, 0) is 44.5 Å². The summed E-state index contributed by atoms with van der Waals surface area (Å²) in [5.74, 6) is -1.15. The number of carboxylic acids is 1. The minimum Gasteiger partial charge on any atom is -0.479 e. The average molecular weight is 410 g/mol. The molecule has 158 valence electrons. The molecule has 0 bridgehead atoms. The molecule has 0 fully saturated rings. The van der Waals surface area contributed by atoms with E-state index in [1.165, 1.54) is 0 Å². The lowest BCUT2D eigenvalue weighted by molar-refractivity contribution is -0.146. The van der Waals surface area contributed by atoms with Gasteiger partial charge in [-0.2, -0.15) is 0 Å². The van der Waals surface area contributed by atoms with E-state index in [1.807, 2.05) is 30.3 Å². The molecule has 0 heterocycles. The monoisotopic (exact) mass is 409 g/mol. The third-order valence-electron chi connectivity index (χ3n) is 4.98. The van der Waals surface area contributed by atoms with Crippen LogP contribution in [0.5, 0.6) is 0 Å². The van der Waals surface area contributed by atoms with Gasteiger partial charge in [-0.15, -0.1) is 0 Å². The molecule has 1 aromatic carbocycles. The first-order valence-corrected chi connectivity index (χ1v) is 12.4. The second-order valence-corrected chi connectivity index (χ2v) is 14.5. The molecule has 0 aliphatic rings. The zero-order valence-electron chi connectivity index (χ0n) is 18.4. The first-order chi connectivity index (χ1) is 12.6. The third-order valence-corrected chi connectivity index (χ3v) is 9.46. The van der Waals surface area contributed by atoms with Gasteiger partial charge < -0.3 is 19.6 Å². The minimum absolute atomic E-state index is 0.0874. The normalized spacial score (nSPS) is 14.9. The first kappa shape index (κ1) is 24.2. The molecule has 0 radical (unpaired) electrons. The molecule has 1 atom stereocenters. The van der Waals surface area contributed by atoms with Crippen LogP contribution >= 0.6 is 0 Å². The highest BCUT2D eigenvalue weighted by Gasteiger charge is 2.46. The predicted molar refractivity (Wildman–Crippen MR) is 113 cm³/mol. The first-order valence-electron chi connectivity index (χ1n) is 9.50. The third kappa shape index (κ3) is 6.94. The number of ether oxygens (including phenoxy) is 1. The van der Waals surface area contributed by atoms with Crippen LogP contribution in [0.4, 0.5) is 4.79 Å². The van der Waals surface area contributed by atoms with Gasteiger partial charge in [-0.25, -0.2) is 9.59 Å². The fraction of sp³-hybridized carbons (Fsp3) is 0.619. The van der Waals surface area contributed by atoms with Crippen molar-refractivity contribution in [2.45, 2.75) is 77.2 Å². The molecule has 0 aliphatic carbocycles. The van der Waals surface area contributed by atoms with Gasteiger partial charge in [0.25, 0.3) is 0 Å². The number of amides is 1. The van der Waals surface area contributed by atoms with Gasteiger partial charge in [0.2, 0.25) is 0 Å². The Morgan fingerprint density at radius 2 is 1.57 bits per heavy atom. The van der Waals surface area contributed by atoms with Crippen LogP contribution in [0.2, 0.25) is 18.1 Å². The summed E-state index contributed by atoms with van der Waals surface area (Å²) in [6.45, 7) is 15.4. The van der Waals surface area contributed by atoms with Gasteiger partial charge in [0.15, 0.2) is 13.9 Å². The highest BCUT2D eigenvalue weighted by atomic mass is 28.4. The fourth-order valence-corrected chi connectivity index (χ4v) is 3.33. The zero-order valence-corrected chi connectivity index (χ0v) is 19.4. The lowest BCUT2D eigenvalue weighted by atomic mass is 9.91. The molecule has 1 rings (SSSR count). The number of carbonyl (C=O) groups is 2. The van der Waals surface area contributed by atoms with Crippen LogP contribution in [0.25, 0.3) is 0 Å². The Morgan fingerprint density at radius 1 is 1.04 bits per heavy atom. The summed E-state index contributed by atoms with van der Waals surface area (Å²) in [4.78, 5) is 24.8. The van der Waals surface area contributed by atoms with E-state index < -0.39 is 31.5 Å². The molecule has 7 heteroatoms. The summed E-state index contributed by atoms with van der Waals surface area (Å²) < 4.78 is 11.5. The number of rotatable bonds is 7. The topological polar surface area (TPSA) is 84.9 Å². The van der Waals surface area contributed by atoms with Crippen molar-refractivity contribution in [1.82, 2.24) is 5.32 Å². The summed E-state index contributed by atoms with van der Waals surface area (Å²) in [7, 11) is -2.23. The van der Waals surface area contributed by atoms with Gasteiger partial charge >= 0.3 is 12.1 Å². The standard InChI is InChI=1S/C21H35NO5Si/c1-19(2,3)27-18(25)22-21(17(23)24,14-16-12-10-9-11-13-16)15-26-28(7,8)20(4,5)6/h9-13H,14-15H2,1-8H3,(H,22,25)(H,23,24). The van der Waals surface area contributed by atoms with Crippen molar-refractivity contribution in [3.05, 3.63) is 35.9 Å². The largest absolute Gasteiger partial charge is 0.479 e. The molecule has 0 saturated heterocycles. The molecule has 1 aromatic rings. The molecule has 1 amide bonds. The number of carbonyl (C=O) groups excluding carboxylic acids is 1. The number of hydrogen-bond donors (Lipinski definition) is 2. The van der Waals surface area contributed by atoms with E-state index in [-0.39, 0.29) is 18.1 Å². The van der Waals surface area contributed by atoms with Crippen molar-refractivity contribution in [3.8, 4) is 0 Å². The van der Waals surface area contributed by atoms with Crippen LogP contribution in [0, 0.1) is 0 Å². The van der Waals surface area contributed by atoms with Crippen molar-refractivity contribution >= 4 is 20.4 Å². The maximum atomic E-state index is 12.4. The Bertz CT molecular complexity index is 676. The van der Waals surface area contributed by atoms with Gasteiger partial charge in [0, 0.05) is 6.42 Å². The van der Waals surface area contributed by atoms with Crippen LogP contribution in [-0.4, -0.2) is 43.2 Å². The number of carboxylic acid groups (broad SMARTS) is 1. The predicted octanol–water partition coefficient (Wildman–Crippen LogP) is 4.60. The number of nitrogens with one attached hydrogen (secondary N) is 1. The van der Waals surface area contributed by atoms with Crippen molar-refractivity contribution < 1.29 is 23.9 Å². The molecule has 6 nitrogen and oxygen atoms in total. The van der Waals surface area contributed by atoms with E-state index in [0.717, 1.165) is 5.56 Å². The van der Waals surface area contributed by atoms with Gasteiger partial charge in [0.1, 0.15) is 5.60 Å². The van der Waals surface area contributed by atoms with Crippen LogP contribution < -0.4 is 5.32 Å². The van der Waals surface area contributed by atoms with Crippen LogP contribution in [0.3, 0.4) is 0 Å². The Balaban J connectivity index is 3.21. The second-order valence-electron chi connectivity index (χ2n) is 9.73. The Morgan fingerprint density at radius 3 is 2.00 bits per heavy atom. The highest BCUT2D eigenvalue weighted by Crippen LogP contribution is 2.37. The molecular formula is C21H35NO5Si. The van der Waals surface area contributed by atoms with Crippen molar-refractivity contribution in [1.29, 1.82) is 0 Å². The molecule has 28 heavy (non-hydrogen) atoms. The summed E-state index contributed by atoms with van der Waals surface area (Å²) >= 11 is 0. The van der Waals surface area contributed by atoms with E-state index in [1.54, 1.807) is 20.8 Å². The molecule has 0 saturated carbocycles. The molecule has 2 N–H and O–H groups in total. The molecular weight excluding hydrogens is 374 g/mol. The summed E-state index contributed by atoms with van der Waals surface area (Å²) in [5, 5.41) is 12.6. The van der Waals surface area contributed by atoms with E-state index in [4.69, 9.17) is 9.16 Å². The van der Waals surface area contributed by atoms with Gasteiger partial charge in [-0.1, -0.05) is 51.1 Å². The van der Waals surface area contributed by atoms with Crippen LogP contribution in [0.1, 0.15) is 47.1 Å². The Kier molecular flexibility index (Phi) is 7.47. The number of alkyl carbamates (subject to hydrolysis) is 1. The van der Waals surface area contributed by atoms with Crippen molar-refractivity contribution in [3.63, 3.8) is 0 Å². The Labute approximate surface area is 169 Å². The highest BCUT2D eigenvalue weighted by molar-refractivity contribution is 6.74. The lowest BCUT2D eigenvalue weighted by Gasteiger charge is -2.40. The number of benzene rings is 1. The second kappa shape index (κ2) is 8.65. The summed E-state index contributed by atoms with van der Waals surface area (Å²) in [5.41, 5.74) is -1.57. The van der Waals surface area contributed by atoms with Gasteiger partial charge in [0.05, 0.1) is 6.61 Å². The Hall–Kier alpha value is -1.86. The summed E-state index contributed by atoms with van der Waals surface area (Å²) in [6, 6.07) is 9.20. The van der Waals surface area contributed by atoms with E-state index in [9.17, 15) is 14.7 Å². The van der Waals surface area contributed by atoms with E-state index in [2.05, 4.69) is 39.2 Å². The lowest BCUT2D eigenvalue weighted by Crippen LogP contribution is -2.61. The van der Waals surface area contributed by atoms with E-state index >= 15 is 0 Å². The van der Waals surface area contributed by atoms with Gasteiger partial charge in [-0.3, -0.25) is 0 Å². The van der Waals surface area contributed by atoms with Crippen molar-refractivity contribution in [2.75, 3.05) is 6.61 Å². The summed E-state index contributed by atoms with van der Waals surface area (Å²) in [6.07, 6.45) is -0.679. The fourth-order valence-electron chi connectivity index (χ4n) is 2.29. The smallest absolute Gasteiger partial charge is 0.408 e. The molecule has 0 aliphatic heterocycles. The van der Waals surface area contributed by atoms with Crippen LogP contribution in [0.15, 0.2) is 30.3 Å².